The van der Waals surface area contributed by atoms with Gasteiger partial charge in [0.05, 0.1) is 10.6 Å². The predicted molar refractivity (Wildman–Crippen MR) is 75.3 cm³/mol. The number of hydrogen-bond acceptors (Lipinski definition) is 5. The van der Waals surface area contributed by atoms with Crippen molar-refractivity contribution in [1.82, 2.24) is 4.72 Å². The quantitative estimate of drug-likeness (QED) is 0.703. The van der Waals surface area contributed by atoms with Crippen molar-refractivity contribution in [3.63, 3.8) is 0 Å². The Morgan fingerprint density at radius 1 is 1.15 bits per heavy atom. The van der Waals surface area contributed by atoms with Crippen LogP contribution in [0.2, 0.25) is 0 Å². The summed E-state index contributed by atoms with van der Waals surface area (Å²) in [6, 6.07) is 5.75. The second kappa shape index (κ2) is 6.85. The Kier molecular flexibility index (Phi) is 5.71. The second-order valence-corrected chi connectivity index (χ2v) is 8.04. The molecule has 0 heterocycles. The first-order chi connectivity index (χ1) is 9.24. The lowest BCUT2D eigenvalue weighted by Gasteiger charge is -2.06. The highest BCUT2D eigenvalue weighted by Gasteiger charge is 2.14. The molecule has 0 aromatic heterocycles. The zero-order valence-corrected chi connectivity index (χ0v) is 12.5. The first-order valence-corrected chi connectivity index (χ1v) is 9.16. The molecule has 1 rings (SSSR count). The van der Waals surface area contributed by atoms with Crippen LogP contribution in [0.1, 0.15) is 5.56 Å². The topological polar surface area (TPSA) is 101 Å². The van der Waals surface area contributed by atoms with E-state index in [2.05, 4.69) is 16.6 Å². The zero-order chi connectivity index (χ0) is 15.2. The standard InChI is InChI=1S/C12H15NO5S2/c1-19(15,16)10-8-13-20(17,18)12-6-4-11(5-7-12)3-2-9-14/h4-7,13-14H,8-10H2,1H3. The van der Waals surface area contributed by atoms with Gasteiger partial charge < -0.3 is 5.11 Å². The van der Waals surface area contributed by atoms with E-state index in [9.17, 15) is 16.8 Å². The number of hydrogen-bond donors (Lipinski definition) is 2. The zero-order valence-electron chi connectivity index (χ0n) is 10.8. The van der Waals surface area contributed by atoms with E-state index in [4.69, 9.17) is 5.11 Å². The van der Waals surface area contributed by atoms with E-state index in [1.807, 2.05) is 0 Å². The molecule has 0 unspecified atom stereocenters. The van der Waals surface area contributed by atoms with Crippen LogP contribution in [-0.4, -0.2) is 47.1 Å². The molecule has 0 saturated carbocycles. The molecule has 0 saturated heterocycles. The molecule has 1 aromatic carbocycles. The summed E-state index contributed by atoms with van der Waals surface area (Å²) in [7, 11) is -6.95. The summed E-state index contributed by atoms with van der Waals surface area (Å²) in [5.41, 5.74) is 0.578. The summed E-state index contributed by atoms with van der Waals surface area (Å²) >= 11 is 0. The molecule has 0 radical (unpaired) electrons. The molecule has 0 bridgehead atoms. The predicted octanol–water partition coefficient (Wildman–Crippen LogP) is -0.647. The van der Waals surface area contributed by atoms with Gasteiger partial charge in [0.25, 0.3) is 0 Å². The molecular formula is C12H15NO5S2. The molecule has 0 amide bonds. The molecule has 2 N–H and O–H groups in total. The Morgan fingerprint density at radius 2 is 1.75 bits per heavy atom. The monoisotopic (exact) mass is 317 g/mol. The van der Waals surface area contributed by atoms with Gasteiger partial charge in [0.15, 0.2) is 0 Å². The van der Waals surface area contributed by atoms with Crippen molar-refractivity contribution in [2.45, 2.75) is 4.90 Å². The van der Waals surface area contributed by atoms with Gasteiger partial charge in [-0.15, -0.1) is 0 Å². The minimum Gasteiger partial charge on any atom is -0.384 e. The third kappa shape index (κ3) is 5.71. The van der Waals surface area contributed by atoms with E-state index >= 15 is 0 Å². The molecule has 110 valence electrons. The average Bonchev–Trinajstić information content (AvgIpc) is 2.35. The maximum atomic E-state index is 11.9. The number of aliphatic hydroxyl groups excluding tert-OH is 1. The third-order valence-electron chi connectivity index (χ3n) is 2.24. The van der Waals surface area contributed by atoms with Crippen LogP contribution in [0.5, 0.6) is 0 Å². The van der Waals surface area contributed by atoms with Crippen molar-refractivity contribution in [3.05, 3.63) is 29.8 Å². The van der Waals surface area contributed by atoms with Crippen molar-refractivity contribution < 1.29 is 21.9 Å². The van der Waals surface area contributed by atoms with Gasteiger partial charge in [-0.2, -0.15) is 0 Å². The fourth-order valence-electron chi connectivity index (χ4n) is 1.30. The largest absolute Gasteiger partial charge is 0.384 e. The van der Waals surface area contributed by atoms with Crippen LogP contribution in [0.15, 0.2) is 29.2 Å². The van der Waals surface area contributed by atoms with Gasteiger partial charge in [-0.1, -0.05) is 11.8 Å². The molecule has 0 fully saturated rings. The second-order valence-electron chi connectivity index (χ2n) is 4.01. The van der Waals surface area contributed by atoms with Gasteiger partial charge in [-0.3, -0.25) is 0 Å². The lowest BCUT2D eigenvalue weighted by Crippen LogP contribution is -2.28. The van der Waals surface area contributed by atoms with Gasteiger partial charge in [-0.25, -0.2) is 21.6 Å². The maximum Gasteiger partial charge on any atom is 0.240 e. The van der Waals surface area contributed by atoms with E-state index in [1.54, 1.807) is 0 Å². The van der Waals surface area contributed by atoms with E-state index in [0.717, 1.165) is 6.26 Å². The first kappa shape index (κ1) is 16.7. The van der Waals surface area contributed by atoms with Crippen LogP contribution in [0.4, 0.5) is 0 Å². The van der Waals surface area contributed by atoms with E-state index in [0.29, 0.717) is 5.56 Å². The minimum absolute atomic E-state index is 0.0283. The average molecular weight is 317 g/mol. The summed E-state index contributed by atoms with van der Waals surface area (Å²) in [6.45, 7) is -0.444. The molecule has 0 spiro atoms. The van der Waals surface area contributed by atoms with Gasteiger partial charge in [0.1, 0.15) is 16.4 Å². The van der Waals surface area contributed by atoms with Crippen LogP contribution in [0.3, 0.4) is 0 Å². The smallest absolute Gasteiger partial charge is 0.240 e. The van der Waals surface area contributed by atoms with Crippen LogP contribution in [-0.2, 0) is 19.9 Å². The molecule has 6 nitrogen and oxygen atoms in total. The Bertz CT molecular complexity index is 709. The third-order valence-corrected chi connectivity index (χ3v) is 4.66. The minimum atomic E-state index is -3.73. The van der Waals surface area contributed by atoms with Gasteiger partial charge in [0.2, 0.25) is 10.0 Å². The Morgan fingerprint density at radius 3 is 2.25 bits per heavy atom. The molecule has 0 aliphatic heterocycles. The molecule has 0 aliphatic carbocycles. The SMILES string of the molecule is CS(=O)(=O)CCNS(=O)(=O)c1ccc(C#CCO)cc1. The van der Waals surface area contributed by atoms with Crippen LogP contribution in [0.25, 0.3) is 0 Å². The molecule has 1 aromatic rings. The lowest BCUT2D eigenvalue weighted by atomic mass is 10.2. The fourth-order valence-corrected chi connectivity index (χ4v) is 2.94. The molecule has 0 atom stereocenters. The summed E-state index contributed by atoms with van der Waals surface area (Å²) in [5.74, 6) is 4.83. The van der Waals surface area contributed by atoms with Gasteiger partial charge in [0, 0.05) is 18.4 Å². The number of sulfonamides is 1. The number of sulfone groups is 1. The Labute approximate surface area is 118 Å². The van der Waals surface area contributed by atoms with E-state index in [1.165, 1.54) is 24.3 Å². The van der Waals surface area contributed by atoms with Crippen molar-refractivity contribution in [3.8, 4) is 11.8 Å². The summed E-state index contributed by atoms with van der Waals surface area (Å²) < 4.78 is 47.8. The number of nitrogens with one attached hydrogen (secondary N) is 1. The summed E-state index contributed by atoms with van der Waals surface area (Å²) in [4.78, 5) is 0.0283. The Hall–Kier alpha value is -1.40. The van der Waals surface area contributed by atoms with Crippen LogP contribution in [0, 0.1) is 11.8 Å². The van der Waals surface area contributed by atoms with Gasteiger partial charge in [-0.05, 0) is 24.3 Å². The fraction of sp³-hybridized carbons (Fsp3) is 0.333. The molecular weight excluding hydrogens is 302 g/mol. The Balaban J connectivity index is 2.78. The number of benzene rings is 1. The van der Waals surface area contributed by atoms with Crippen molar-refractivity contribution in [2.24, 2.45) is 0 Å². The van der Waals surface area contributed by atoms with Crippen molar-refractivity contribution in [1.29, 1.82) is 0 Å². The molecule has 0 aliphatic rings. The van der Waals surface area contributed by atoms with Crippen LogP contribution < -0.4 is 4.72 Å². The molecule has 20 heavy (non-hydrogen) atoms. The lowest BCUT2D eigenvalue weighted by molar-refractivity contribution is 0.350. The highest BCUT2D eigenvalue weighted by molar-refractivity contribution is 7.91. The summed E-state index contributed by atoms with van der Waals surface area (Å²) in [5, 5.41) is 8.55. The number of aliphatic hydroxyl groups is 1. The first-order valence-electron chi connectivity index (χ1n) is 5.62. The molecule has 8 heteroatoms. The normalized spacial score (nSPS) is 11.7. The van der Waals surface area contributed by atoms with E-state index < -0.39 is 19.9 Å². The summed E-state index contributed by atoms with van der Waals surface area (Å²) in [6.07, 6.45) is 1.04. The number of rotatable bonds is 5. The van der Waals surface area contributed by atoms with Crippen LogP contribution >= 0.6 is 0 Å². The highest BCUT2D eigenvalue weighted by atomic mass is 32.2. The maximum absolute atomic E-state index is 11.9. The van der Waals surface area contributed by atoms with Crippen molar-refractivity contribution >= 4 is 19.9 Å². The van der Waals surface area contributed by atoms with E-state index in [-0.39, 0.29) is 23.8 Å². The van der Waals surface area contributed by atoms with Crippen molar-refractivity contribution in [2.75, 3.05) is 25.2 Å². The highest BCUT2D eigenvalue weighted by Crippen LogP contribution is 2.09. The van der Waals surface area contributed by atoms with Gasteiger partial charge >= 0.3 is 0 Å².